The minimum absolute atomic E-state index is 0.0864. The summed E-state index contributed by atoms with van der Waals surface area (Å²) < 4.78 is 1.87. The van der Waals surface area contributed by atoms with Gasteiger partial charge in [-0.3, -0.25) is 9.48 Å². The highest BCUT2D eigenvalue weighted by molar-refractivity contribution is 7.98. The van der Waals surface area contributed by atoms with E-state index in [1.807, 2.05) is 23.9 Å². The van der Waals surface area contributed by atoms with E-state index in [0.29, 0.717) is 19.0 Å². The van der Waals surface area contributed by atoms with Gasteiger partial charge in [0.05, 0.1) is 0 Å². The van der Waals surface area contributed by atoms with E-state index < -0.39 is 0 Å². The summed E-state index contributed by atoms with van der Waals surface area (Å²) >= 11 is 1.72. The minimum atomic E-state index is 0.0864. The van der Waals surface area contributed by atoms with Crippen LogP contribution < -0.4 is 5.32 Å². The summed E-state index contributed by atoms with van der Waals surface area (Å²) in [5, 5.41) is 7.82. The number of rotatable bonds is 6. The molecule has 3 rings (SSSR count). The molecule has 1 aliphatic rings. The van der Waals surface area contributed by atoms with E-state index in [-0.39, 0.29) is 5.91 Å². The van der Waals surface area contributed by atoms with Crippen LogP contribution in [-0.4, -0.2) is 47.0 Å². The Kier molecular flexibility index (Phi) is 6.15. The summed E-state index contributed by atoms with van der Waals surface area (Å²) in [6, 6.07) is 10.4. The number of aromatic nitrogens is 2. The molecule has 5 nitrogen and oxygen atoms in total. The normalized spacial score (nSPS) is 17.4. The third-order valence-electron chi connectivity index (χ3n) is 4.73. The predicted molar refractivity (Wildman–Crippen MR) is 102 cm³/mol. The molecule has 1 aliphatic heterocycles. The van der Waals surface area contributed by atoms with Crippen LogP contribution in [0.4, 0.5) is 0 Å². The molecular weight excluding hydrogens is 332 g/mol. The molecule has 6 heteroatoms. The fourth-order valence-electron chi connectivity index (χ4n) is 3.31. The summed E-state index contributed by atoms with van der Waals surface area (Å²) in [6.07, 6.45) is 6.20. The average Bonchev–Trinajstić information content (AvgIpc) is 3.10. The number of likely N-dealkylation sites (N-methyl/N-ethyl adjacent to an activating group) is 1. The van der Waals surface area contributed by atoms with Crippen molar-refractivity contribution in [3.8, 4) is 0 Å². The van der Waals surface area contributed by atoms with Gasteiger partial charge >= 0.3 is 0 Å². The Balaban J connectivity index is 1.62. The highest BCUT2D eigenvalue weighted by Gasteiger charge is 2.20. The number of amides is 1. The quantitative estimate of drug-likeness (QED) is 0.807. The van der Waals surface area contributed by atoms with Crippen molar-refractivity contribution in [3.05, 3.63) is 47.8 Å². The number of carbonyl (C=O) groups excluding carboxylic acids is 1. The Morgan fingerprint density at radius 3 is 3.08 bits per heavy atom. The van der Waals surface area contributed by atoms with Crippen LogP contribution in [0.5, 0.6) is 0 Å². The van der Waals surface area contributed by atoms with Crippen LogP contribution in [0, 0.1) is 0 Å². The smallest absolute Gasteiger partial charge is 0.244 e. The van der Waals surface area contributed by atoms with Crippen LogP contribution in [0.25, 0.3) is 0 Å². The number of nitrogens with one attached hydrogen (secondary N) is 1. The fourth-order valence-corrected chi connectivity index (χ4v) is 3.79. The van der Waals surface area contributed by atoms with Crippen LogP contribution in [0.3, 0.4) is 0 Å². The van der Waals surface area contributed by atoms with Crippen LogP contribution in [0.2, 0.25) is 0 Å². The zero-order chi connectivity index (χ0) is 17.6. The van der Waals surface area contributed by atoms with Crippen molar-refractivity contribution in [1.82, 2.24) is 20.0 Å². The van der Waals surface area contributed by atoms with E-state index >= 15 is 0 Å². The van der Waals surface area contributed by atoms with Crippen molar-refractivity contribution < 1.29 is 4.79 Å². The van der Waals surface area contributed by atoms with Crippen molar-refractivity contribution in [2.75, 3.05) is 26.4 Å². The van der Waals surface area contributed by atoms with Crippen molar-refractivity contribution in [3.63, 3.8) is 0 Å². The number of benzene rings is 1. The zero-order valence-corrected chi connectivity index (χ0v) is 15.8. The largest absolute Gasteiger partial charge is 0.340 e. The molecule has 1 aromatic heterocycles. The number of thioether (sulfide) groups is 1. The monoisotopic (exact) mass is 358 g/mol. The van der Waals surface area contributed by atoms with Crippen molar-refractivity contribution >= 4 is 17.7 Å². The molecule has 1 aromatic carbocycles. The van der Waals surface area contributed by atoms with Gasteiger partial charge in [0.1, 0.15) is 6.54 Å². The average molecular weight is 359 g/mol. The van der Waals surface area contributed by atoms with Crippen LogP contribution >= 0.6 is 11.8 Å². The third-order valence-corrected chi connectivity index (χ3v) is 5.45. The summed E-state index contributed by atoms with van der Waals surface area (Å²) in [5.74, 6) is 0.538. The number of piperidine rings is 1. The molecular formula is C19H26N4OS. The van der Waals surface area contributed by atoms with Gasteiger partial charge in [0.25, 0.3) is 0 Å². The van der Waals surface area contributed by atoms with Crippen LogP contribution in [-0.2, 0) is 17.9 Å². The molecule has 1 fully saturated rings. The summed E-state index contributed by atoms with van der Waals surface area (Å²) in [7, 11) is 1.86. The number of nitrogens with zero attached hydrogens (tertiary/aromatic N) is 3. The minimum Gasteiger partial charge on any atom is -0.340 e. The van der Waals surface area contributed by atoms with Gasteiger partial charge in [-0.15, -0.1) is 11.8 Å². The van der Waals surface area contributed by atoms with Gasteiger partial charge in [-0.25, -0.2) is 0 Å². The van der Waals surface area contributed by atoms with Gasteiger partial charge in [0, 0.05) is 42.8 Å². The van der Waals surface area contributed by atoms with Gasteiger partial charge < -0.3 is 10.2 Å². The Labute approximate surface area is 153 Å². The molecule has 1 saturated heterocycles. The number of carbonyl (C=O) groups is 1. The molecule has 2 heterocycles. The molecule has 1 atom stereocenters. The van der Waals surface area contributed by atoms with E-state index in [1.165, 1.54) is 17.0 Å². The second kappa shape index (κ2) is 8.54. The molecule has 0 bridgehead atoms. The molecule has 1 amide bonds. The van der Waals surface area contributed by atoms with Crippen molar-refractivity contribution in [2.24, 2.45) is 0 Å². The van der Waals surface area contributed by atoms with Gasteiger partial charge in [0.2, 0.25) is 5.91 Å². The maximum absolute atomic E-state index is 12.6. The first-order chi connectivity index (χ1) is 12.2. The summed E-state index contributed by atoms with van der Waals surface area (Å²) in [6.45, 7) is 2.98. The van der Waals surface area contributed by atoms with E-state index in [0.717, 1.165) is 25.1 Å². The Hall–Kier alpha value is -1.79. The van der Waals surface area contributed by atoms with E-state index in [4.69, 9.17) is 0 Å². The summed E-state index contributed by atoms with van der Waals surface area (Å²) in [5.41, 5.74) is 2.32. The van der Waals surface area contributed by atoms with Gasteiger partial charge in [-0.2, -0.15) is 5.10 Å². The number of hydrogen-bond acceptors (Lipinski definition) is 4. The lowest BCUT2D eigenvalue weighted by Crippen LogP contribution is -2.33. The fraction of sp³-hybridized carbons (Fsp3) is 0.474. The molecule has 134 valence electrons. The lowest BCUT2D eigenvalue weighted by molar-refractivity contribution is -0.131. The van der Waals surface area contributed by atoms with E-state index in [2.05, 4.69) is 34.9 Å². The molecule has 2 aromatic rings. The highest BCUT2D eigenvalue weighted by atomic mass is 32.2. The molecule has 0 aliphatic carbocycles. The molecule has 0 spiro atoms. The number of hydrogen-bond donors (Lipinski definition) is 1. The molecule has 0 radical (unpaired) electrons. The topological polar surface area (TPSA) is 50.2 Å². The standard InChI is InChI=1S/C19H26N4OS/c1-22(13-15-5-3-7-17(11-15)25-2)19(24)14-23-18(8-10-21-23)16-6-4-9-20-12-16/h3,5,7-8,10-11,16,20H,4,6,9,12-14H2,1-2H3/t16-/m0/s1. The third kappa shape index (κ3) is 4.64. The Morgan fingerprint density at radius 2 is 2.32 bits per heavy atom. The summed E-state index contributed by atoms with van der Waals surface area (Å²) in [4.78, 5) is 15.7. The maximum Gasteiger partial charge on any atom is 0.244 e. The first-order valence-electron chi connectivity index (χ1n) is 8.76. The predicted octanol–water partition coefficient (Wildman–Crippen LogP) is 2.73. The highest BCUT2D eigenvalue weighted by Crippen LogP contribution is 2.23. The van der Waals surface area contributed by atoms with Crippen molar-refractivity contribution in [1.29, 1.82) is 0 Å². The van der Waals surface area contributed by atoms with Crippen LogP contribution in [0.15, 0.2) is 41.4 Å². The van der Waals surface area contributed by atoms with Gasteiger partial charge in [-0.05, 0) is 49.4 Å². The van der Waals surface area contributed by atoms with E-state index in [9.17, 15) is 4.79 Å². The second-order valence-corrected chi connectivity index (χ2v) is 7.44. The van der Waals surface area contributed by atoms with E-state index in [1.54, 1.807) is 22.9 Å². The second-order valence-electron chi connectivity index (χ2n) is 6.56. The van der Waals surface area contributed by atoms with Crippen LogP contribution in [0.1, 0.15) is 30.0 Å². The van der Waals surface area contributed by atoms with Gasteiger partial charge in [0.15, 0.2) is 0 Å². The first kappa shape index (κ1) is 18.0. The van der Waals surface area contributed by atoms with Crippen molar-refractivity contribution in [2.45, 2.75) is 36.7 Å². The lowest BCUT2D eigenvalue weighted by Gasteiger charge is -2.24. The SMILES string of the molecule is CSc1cccc(CN(C)C(=O)Cn2nccc2[C@H]2CCCNC2)c1. The van der Waals surface area contributed by atoms with Gasteiger partial charge in [-0.1, -0.05) is 12.1 Å². The Morgan fingerprint density at radius 1 is 1.44 bits per heavy atom. The maximum atomic E-state index is 12.6. The molecule has 1 N–H and O–H groups in total. The zero-order valence-electron chi connectivity index (χ0n) is 14.9. The first-order valence-corrected chi connectivity index (χ1v) is 9.99. The molecule has 0 unspecified atom stereocenters. The molecule has 25 heavy (non-hydrogen) atoms. The lowest BCUT2D eigenvalue weighted by atomic mass is 9.96. The molecule has 0 saturated carbocycles. The Bertz CT molecular complexity index is 709.